The van der Waals surface area contributed by atoms with Gasteiger partial charge in [0.25, 0.3) is 0 Å². The molecule has 1 N–H and O–H groups in total. The van der Waals surface area contributed by atoms with E-state index in [4.69, 9.17) is 9.72 Å². The molecule has 1 aliphatic heterocycles. The van der Waals surface area contributed by atoms with Gasteiger partial charge < -0.3 is 15.0 Å². The topological polar surface area (TPSA) is 37.4 Å². The van der Waals surface area contributed by atoms with Crippen LogP contribution in [0.5, 0.6) is 0 Å². The Morgan fingerprint density at radius 3 is 3.05 bits per heavy atom. The molecule has 1 aliphatic rings. The molecule has 1 fully saturated rings. The lowest BCUT2D eigenvalue weighted by molar-refractivity contribution is 0.0821. The quantitative estimate of drug-likeness (QED) is 0.900. The summed E-state index contributed by atoms with van der Waals surface area (Å²) >= 11 is 1.84. The third-order valence-corrected chi connectivity index (χ3v) is 4.52. The van der Waals surface area contributed by atoms with E-state index in [-0.39, 0.29) is 0 Å². The lowest BCUT2D eigenvalue weighted by Gasteiger charge is -2.20. The van der Waals surface area contributed by atoms with Gasteiger partial charge in [-0.1, -0.05) is 13.8 Å². The van der Waals surface area contributed by atoms with Gasteiger partial charge in [0.15, 0.2) is 5.13 Å². The van der Waals surface area contributed by atoms with E-state index in [2.05, 4.69) is 31.0 Å². The lowest BCUT2D eigenvalue weighted by Crippen LogP contribution is -2.29. The first-order valence-electron chi connectivity index (χ1n) is 7.30. The molecule has 0 spiro atoms. The van der Waals surface area contributed by atoms with Crippen molar-refractivity contribution in [2.45, 2.75) is 46.3 Å². The fraction of sp³-hybridized carbons (Fsp3) is 0.786. The minimum atomic E-state index is 0.300. The number of thiazole rings is 1. The van der Waals surface area contributed by atoms with Gasteiger partial charge in [-0.05, 0) is 26.3 Å². The second kappa shape index (κ2) is 7.22. The van der Waals surface area contributed by atoms with Crippen molar-refractivity contribution < 1.29 is 4.74 Å². The molecule has 0 bridgehead atoms. The van der Waals surface area contributed by atoms with Gasteiger partial charge in [-0.15, -0.1) is 11.3 Å². The van der Waals surface area contributed by atoms with Crippen LogP contribution in [0.15, 0.2) is 0 Å². The third-order valence-electron chi connectivity index (χ3n) is 3.36. The molecule has 4 nitrogen and oxygen atoms in total. The Morgan fingerprint density at radius 1 is 1.47 bits per heavy atom. The van der Waals surface area contributed by atoms with Gasteiger partial charge in [0.2, 0.25) is 0 Å². The van der Waals surface area contributed by atoms with Crippen LogP contribution in [-0.4, -0.2) is 37.3 Å². The van der Waals surface area contributed by atoms with Crippen LogP contribution in [0.4, 0.5) is 5.13 Å². The molecule has 1 aromatic heterocycles. The molecular weight excluding hydrogens is 258 g/mol. The highest BCUT2D eigenvalue weighted by Gasteiger charge is 2.19. The Hall–Kier alpha value is -0.650. The number of hydrogen-bond acceptors (Lipinski definition) is 5. The van der Waals surface area contributed by atoms with Crippen LogP contribution in [0, 0.1) is 0 Å². The van der Waals surface area contributed by atoms with Crippen LogP contribution in [0.1, 0.15) is 37.8 Å². The predicted molar refractivity (Wildman–Crippen MR) is 81.1 cm³/mol. The molecule has 19 heavy (non-hydrogen) atoms. The second-order valence-electron chi connectivity index (χ2n) is 4.98. The minimum absolute atomic E-state index is 0.300. The van der Waals surface area contributed by atoms with E-state index in [0.29, 0.717) is 6.10 Å². The van der Waals surface area contributed by atoms with Gasteiger partial charge in [-0.3, -0.25) is 0 Å². The summed E-state index contributed by atoms with van der Waals surface area (Å²) in [5, 5.41) is 4.57. The smallest absolute Gasteiger partial charge is 0.185 e. The fourth-order valence-electron chi connectivity index (χ4n) is 2.33. The van der Waals surface area contributed by atoms with E-state index in [9.17, 15) is 0 Å². The van der Waals surface area contributed by atoms with Crippen molar-refractivity contribution in [1.29, 1.82) is 0 Å². The second-order valence-corrected chi connectivity index (χ2v) is 6.04. The molecule has 5 heteroatoms. The zero-order valence-corrected chi connectivity index (χ0v) is 13.1. The van der Waals surface area contributed by atoms with E-state index in [1.807, 2.05) is 11.3 Å². The molecule has 0 aliphatic carbocycles. The maximum Gasteiger partial charge on any atom is 0.185 e. The zero-order valence-electron chi connectivity index (χ0n) is 12.2. The lowest BCUT2D eigenvalue weighted by atomic mass is 10.3. The Morgan fingerprint density at radius 2 is 2.32 bits per heavy atom. The number of rotatable bonds is 5. The van der Waals surface area contributed by atoms with E-state index in [1.54, 1.807) is 0 Å². The molecule has 0 radical (unpaired) electrons. The van der Waals surface area contributed by atoms with Gasteiger partial charge in [0.1, 0.15) is 0 Å². The summed E-state index contributed by atoms with van der Waals surface area (Å²) in [7, 11) is 0. The number of nitrogens with zero attached hydrogens (tertiary/aromatic N) is 2. The molecule has 2 rings (SSSR count). The summed E-state index contributed by atoms with van der Waals surface area (Å²) < 4.78 is 5.71. The van der Waals surface area contributed by atoms with Crippen molar-refractivity contribution in [3.63, 3.8) is 0 Å². The predicted octanol–water partition coefficient (Wildman–Crippen LogP) is 2.43. The molecule has 108 valence electrons. The largest absolute Gasteiger partial charge is 0.377 e. The van der Waals surface area contributed by atoms with Crippen LogP contribution in [0.2, 0.25) is 0 Å². The van der Waals surface area contributed by atoms with Gasteiger partial charge in [0.05, 0.1) is 11.8 Å². The average molecular weight is 283 g/mol. The van der Waals surface area contributed by atoms with Crippen molar-refractivity contribution in [2.24, 2.45) is 0 Å². The van der Waals surface area contributed by atoms with E-state index in [1.165, 1.54) is 15.7 Å². The van der Waals surface area contributed by atoms with Crippen LogP contribution in [0.25, 0.3) is 0 Å². The first-order chi connectivity index (χ1) is 9.24. The SMILES string of the molecule is CCNCc1sc(N2CCCOC(C)C2)nc1CC. The number of aryl methyl sites for hydroxylation is 1. The van der Waals surface area contributed by atoms with Crippen LogP contribution in [0.3, 0.4) is 0 Å². The molecule has 2 heterocycles. The summed E-state index contributed by atoms with van der Waals surface area (Å²) in [6.07, 6.45) is 2.40. The maximum atomic E-state index is 5.71. The maximum absolute atomic E-state index is 5.71. The Labute approximate surface area is 120 Å². The summed E-state index contributed by atoms with van der Waals surface area (Å²) in [5.41, 5.74) is 1.25. The standard InChI is InChI=1S/C14H25N3OS/c1-4-12-13(9-15-5-2)19-14(16-12)17-7-6-8-18-11(3)10-17/h11,15H,4-10H2,1-3H3. The van der Waals surface area contributed by atoms with E-state index < -0.39 is 0 Å². The summed E-state index contributed by atoms with van der Waals surface area (Å²) in [6, 6.07) is 0. The molecule has 1 aromatic rings. The highest BCUT2D eigenvalue weighted by Crippen LogP contribution is 2.28. The van der Waals surface area contributed by atoms with Gasteiger partial charge in [-0.25, -0.2) is 4.98 Å². The third kappa shape index (κ3) is 3.91. The van der Waals surface area contributed by atoms with E-state index in [0.717, 1.165) is 45.6 Å². The normalized spacial score (nSPS) is 20.6. The highest BCUT2D eigenvalue weighted by molar-refractivity contribution is 7.15. The van der Waals surface area contributed by atoms with E-state index >= 15 is 0 Å². The first kappa shape index (κ1) is 14.8. The van der Waals surface area contributed by atoms with Crippen molar-refractivity contribution in [2.75, 3.05) is 31.1 Å². The molecule has 1 saturated heterocycles. The monoisotopic (exact) mass is 283 g/mol. The van der Waals surface area contributed by atoms with Gasteiger partial charge >= 0.3 is 0 Å². The van der Waals surface area contributed by atoms with Gasteiger partial charge in [0, 0.05) is 31.1 Å². The summed E-state index contributed by atoms with van der Waals surface area (Å²) in [5.74, 6) is 0. The van der Waals surface area contributed by atoms with Crippen molar-refractivity contribution in [3.8, 4) is 0 Å². The average Bonchev–Trinajstić information content (AvgIpc) is 2.70. The number of hydrogen-bond donors (Lipinski definition) is 1. The molecular formula is C14H25N3OS. The fourth-order valence-corrected chi connectivity index (χ4v) is 3.48. The summed E-state index contributed by atoms with van der Waals surface area (Å²) in [4.78, 5) is 8.60. The molecule has 0 amide bonds. The Bertz CT molecular complexity index is 394. The molecule has 0 aromatic carbocycles. The Kier molecular flexibility index (Phi) is 5.60. The molecule has 0 saturated carbocycles. The summed E-state index contributed by atoms with van der Waals surface area (Å²) in [6.45, 7) is 11.3. The van der Waals surface area contributed by atoms with Crippen LogP contribution >= 0.6 is 11.3 Å². The number of ether oxygens (including phenoxy) is 1. The molecule has 1 unspecified atom stereocenters. The van der Waals surface area contributed by atoms with Crippen molar-refractivity contribution >= 4 is 16.5 Å². The number of aromatic nitrogens is 1. The van der Waals surface area contributed by atoms with Crippen LogP contribution in [-0.2, 0) is 17.7 Å². The minimum Gasteiger partial charge on any atom is -0.377 e. The Balaban J connectivity index is 2.12. The van der Waals surface area contributed by atoms with Crippen molar-refractivity contribution in [1.82, 2.24) is 10.3 Å². The molecule has 1 atom stereocenters. The first-order valence-corrected chi connectivity index (χ1v) is 8.12. The van der Waals surface area contributed by atoms with Crippen LogP contribution < -0.4 is 10.2 Å². The van der Waals surface area contributed by atoms with Crippen molar-refractivity contribution in [3.05, 3.63) is 10.6 Å². The number of anilines is 1. The van der Waals surface area contributed by atoms with Gasteiger partial charge in [-0.2, -0.15) is 0 Å². The highest BCUT2D eigenvalue weighted by atomic mass is 32.1. The zero-order chi connectivity index (χ0) is 13.7. The number of nitrogens with one attached hydrogen (secondary N) is 1.